The van der Waals surface area contributed by atoms with E-state index in [9.17, 15) is 9.59 Å². The molecule has 1 aliphatic rings. The van der Waals surface area contributed by atoms with Gasteiger partial charge >= 0.3 is 6.03 Å². The molecule has 1 aliphatic carbocycles. The van der Waals surface area contributed by atoms with Crippen LogP contribution < -0.4 is 11.1 Å². The zero-order valence-corrected chi connectivity index (χ0v) is 17.9. The van der Waals surface area contributed by atoms with Crippen LogP contribution in [0.5, 0.6) is 0 Å². The molecule has 28 heavy (non-hydrogen) atoms. The Morgan fingerprint density at radius 2 is 2.07 bits per heavy atom. The summed E-state index contributed by atoms with van der Waals surface area (Å²) >= 11 is 3.08. The normalized spacial score (nSPS) is 16.2. The molecule has 2 heterocycles. The average Bonchev–Trinajstić information content (AvgIpc) is 3.29. The van der Waals surface area contributed by atoms with Crippen molar-refractivity contribution in [3.05, 3.63) is 28.2 Å². The monoisotopic (exact) mass is 421 g/mol. The third kappa shape index (κ3) is 5.14. The first kappa shape index (κ1) is 20.9. The maximum absolute atomic E-state index is 12.5. The summed E-state index contributed by atoms with van der Waals surface area (Å²) < 4.78 is 2.23. The Labute approximate surface area is 173 Å². The number of nitrogens with one attached hydrogen (secondary N) is 1. The van der Waals surface area contributed by atoms with Crippen molar-refractivity contribution in [3.63, 3.8) is 0 Å². The summed E-state index contributed by atoms with van der Waals surface area (Å²) in [7, 11) is 0. The van der Waals surface area contributed by atoms with Crippen molar-refractivity contribution in [2.45, 2.75) is 68.8 Å². The molecule has 9 heteroatoms. The molecule has 1 fully saturated rings. The van der Waals surface area contributed by atoms with Gasteiger partial charge < -0.3 is 10.3 Å². The highest BCUT2D eigenvalue weighted by Crippen LogP contribution is 2.36. The van der Waals surface area contributed by atoms with Gasteiger partial charge in [0, 0.05) is 17.3 Å². The van der Waals surface area contributed by atoms with Gasteiger partial charge in [-0.1, -0.05) is 50.9 Å². The van der Waals surface area contributed by atoms with Gasteiger partial charge in [-0.25, -0.2) is 4.79 Å². The van der Waals surface area contributed by atoms with Gasteiger partial charge in [0.2, 0.25) is 5.91 Å². The zero-order chi connectivity index (χ0) is 20.1. The Morgan fingerprint density at radius 1 is 1.32 bits per heavy atom. The first-order chi connectivity index (χ1) is 13.5. The van der Waals surface area contributed by atoms with Crippen LogP contribution >= 0.6 is 23.1 Å². The van der Waals surface area contributed by atoms with Crippen molar-refractivity contribution in [3.8, 4) is 0 Å². The number of urea groups is 1. The molecule has 152 valence electrons. The molecule has 0 unspecified atom stereocenters. The molecule has 0 aromatic carbocycles. The summed E-state index contributed by atoms with van der Waals surface area (Å²) in [6, 6.07) is 3.67. The van der Waals surface area contributed by atoms with Gasteiger partial charge in [0.1, 0.15) is 5.82 Å². The smallest absolute Gasteiger partial charge is 0.318 e. The molecule has 1 saturated carbocycles. The van der Waals surface area contributed by atoms with Gasteiger partial charge in [-0.05, 0) is 30.2 Å². The number of thiophene rings is 1. The summed E-state index contributed by atoms with van der Waals surface area (Å²) in [6.07, 6.45) is 6.59. The topological polar surface area (TPSA) is 103 Å². The molecule has 2 aromatic rings. The maximum Gasteiger partial charge on any atom is 0.318 e. The standard InChI is InChI=1S/C19H27N5O2S2/c1-12(2)16(17(25)21-18(20)26)28-19-23-22-15(11-14-9-6-10-27-14)24(19)13-7-4-3-5-8-13/h6,9-10,12-13,16H,3-5,7-8,11H2,1-2H3,(H3,20,21,25,26)/t16-/m1/s1. The first-order valence-corrected chi connectivity index (χ1v) is 11.4. The van der Waals surface area contributed by atoms with Crippen molar-refractivity contribution < 1.29 is 9.59 Å². The lowest BCUT2D eigenvalue weighted by atomic mass is 9.95. The lowest BCUT2D eigenvalue weighted by Crippen LogP contribution is -2.42. The SMILES string of the molecule is CC(C)[C@@H](Sc1nnc(Cc2cccs2)n1C1CCCCC1)C(=O)NC(N)=O. The molecule has 7 nitrogen and oxygen atoms in total. The Hall–Kier alpha value is -1.87. The Balaban J connectivity index is 1.89. The number of carbonyl (C=O) groups is 2. The van der Waals surface area contributed by atoms with Crippen molar-refractivity contribution in [1.82, 2.24) is 20.1 Å². The van der Waals surface area contributed by atoms with E-state index in [1.165, 1.54) is 35.9 Å². The van der Waals surface area contributed by atoms with Gasteiger partial charge in [0.15, 0.2) is 5.16 Å². The van der Waals surface area contributed by atoms with Crippen LogP contribution in [0.4, 0.5) is 4.79 Å². The van der Waals surface area contributed by atoms with Gasteiger partial charge in [-0.15, -0.1) is 21.5 Å². The fourth-order valence-corrected chi connectivity index (χ4v) is 5.40. The minimum atomic E-state index is -0.830. The van der Waals surface area contributed by atoms with E-state index in [1.54, 1.807) is 11.3 Å². The number of nitrogens with zero attached hydrogens (tertiary/aromatic N) is 3. The third-order valence-corrected chi connectivity index (χ3v) is 7.31. The highest BCUT2D eigenvalue weighted by Gasteiger charge is 2.30. The largest absolute Gasteiger partial charge is 0.351 e. The number of rotatable bonds is 7. The molecule has 0 saturated heterocycles. The third-order valence-electron chi connectivity index (χ3n) is 4.93. The van der Waals surface area contributed by atoms with E-state index < -0.39 is 11.3 Å². The van der Waals surface area contributed by atoms with Crippen LogP contribution in [0.25, 0.3) is 0 Å². The lowest BCUT2D eigenvalue weighted by Gasteiger charge is -2.27. The van der Waals surface area contributed by atoms with E-state index in [-0.39, 0.29) is 11.8 Å². The van der Waals surface area contributed by atoms with E-state index in [1.807, 2.05) is 19.9 Å². The molecule has 0 radical (unpaired) electrons. The van der Waals surface area contributed by atoms with Crippen LogP contribution in [0.2, 0.25) is 0 Å². The number of amides is 3. The molecular weight excluding hydrogens is 394 g/mol. The lowest BCUT2D eigenvalue weighted by molar-refractivity contribution is -0.120. The van der Waals surface area contributed by atoms with Crippen LogP contribution in [-0.2, 0) is 11.2 Å². The second-order valence-electron chi connectivity index (χ2n) is 7.45. The summed E-state index contributed by atoms with van der Waals surface area (Å²) in [5.74, 6) is 0.571. The van der Waals surface area contributed by atoms with Crippen LogP contribution in [0.1, 0.15) is 62.7 Å². The second kappa shape index (κ2) is 9.56. The number of imide groups is 1. The quantitative estimate of drug-likeness (QED) is 0.663. The van der Waals surface area contributed by atoms with Crippen molar-refractivity contribution in [2.24, 2.45) is 11.7 Å². The number of nitrogens with two attached hydrogens (primary N) is 1. The Kier molecular flexibility index (Phi) is 7.12. The van der Waals surface area contributed by atoms with Crippen molar-refractivity contribution >= 4 is 35.0 Å². The number of hydrogen-bond acceptors (Lipinski definition) is 6. The molecular formula is C19H27N5O2S2. The van der Waals surface area contributed by atoms with Crippen molar-refractivity contribution in [2.75, 3.05) is 0 Å². The summed E-state index contributed by atoms with van der Waals surface area (Å²) in [6.45, 7) is 3.90. The summed E-state index contributed by atoms with van der Waals surface area (Å²) in [5.41, 5.74) is 5.14. The van der Waals surface area contributed by atoms with Crippen LogP contribution in [0, 0.1) is 5.92 Å². The first-order valence-electron chi connectivity index (χ1n) is 9.68. The molecule has 3 N–H and O–H groups in total. The minimum absolute atomic E-state index is 0.0154. The fourth-order valence-electron chi connectivity index (χ4n) is 3.58. The Morgan fingerprint density at radius 3 is 2.68 bits per heavy atom. The van der Waals surface area contributed by atoms with Crippen LogP contribution in [0.3, 0.4) is 0 Å². The highest BCUT2D eigenvalue weighted by atomic mass is 32.2. The van der Waals surface area contributed by atoms with Crippen molar-refractivity contribution in [1.29, 1.82) is 0 Å². The van der Waals surface area contributed by atoms with E-state index in [2.05, 4.69) is 31.5 Å². The predicted molar refractivity (Wildman–Crippen MR) is 111 cm³/mol. The van der Waals surface area contributed by atoms with E-state index in [0.717, 1.165) is 30.2 Å². The number of thioether (sulfide) groups is 1. The zero-order valence-electron chi connectivity index (χ0n) is 16.3. The molecule has 3 rings (SSSR count). The van der Waals surface area contributed by atoms with Gasteiger partial charge in [-0.2, -0.15) is 0 Å². The van der Waals surface area contributed by atoms with Gasteiger partial charge in [0.25, 0.3) is 0 Å². The second-order valence-corrected chi connectivity index (χ2v) is 9.59. The molecule has 2 aromatic heterocycles. The number of aromatic nitrogens is 3. The van der Waals surface area contributed by atoms with Crippen LogP contribution in [0.15, 0.2) is 22.7 Å². The predicted octanol–water partition coefficient (Wildman–Crippen LogP) is 3.75. The Bertz CT molecular complexity index is 797. The maximum atomic E-state index is 12.5. The van der Waals surface area contributed by atoms with Crippen LogP contribution in [-0.4, -0.2) is 32.0 Å². The molecule has 1 atom stereocenters. The molecule has 0 aliphatic heterocycles. The fraction of sp³-hybridized carbons (Fsp3) is 0.579. The molecule has 3 amide bonds. The highest BCUT2D eigenvalue weighted by molar-refractivity contribution is 8.00. The summed E-state index contributed by atoms with van der Waals surface area (Å²) in [4.78, 5) is 24.8. The van der Waals surface area contributed by atoms with Gasteiger partial charge in [-0.3, -0.25) is 10.1 Å². The minimum Gasteiger partial charge on any atom is -0.351 e. The number of hydrogen-bond donors (Lipinski definition) is 2. The van der Waals surface area contributed by atoms with E-state index in [0.29, 0.717) is 6.04 Å². The molecule has 0 spiro atoms. The average molecular weight is 422 g/mol. The summed E-state index contributed by atoms with van der Waals surface area (Å²) in [5, 5.41) is 13.5. The van der Waals surface area contributed by atoms with E-state index in [4.69, 9.17) is 5.73 Å². The number of carbonyl (C=O) groups excluding carboxylic acids is 2. The number of primary amides is 1. The molecule has 0 bridgehead atoms. The van der Waals surface area contributed by atoms with E-state index >= 15 is 0 Å². The van der Waals surface area contributed by atoms with Gasteiger partial charge in [0.05, 0.1) is 5.25 Å².